The summed E-state index contributed by atoms with van der Waals surface area (Å²) in [6, 6.07) is 0. The molecular formula is C13H27NO4. The summed E-state index contributed by atoms with van der Waals surface area (Å²) in [5, 5.41) is 3.37. The SMILES string of the molecule is COCCOCCOCCNCC1(C)CCCO1. The summed E-state index contributed by atoms with van der Waals surface area (Å²) in [4.78, 5) is 0. The zero-order valence-corrected chi connectivity index (χ0v) is 11.7. The fraction of sp³-hybridized carbons (Fsp3) is 1.00. The van der Waals surface area contributed by atoms with E-state index >= 15 is 0 Å². The minimum absolute atomic E-state index is 0.0310. The first-order chi connectivity index (χ1) is 8.77. The molecule has 0 aromatic rings. The summed E-state index contributed by atoms with van der Waals surface area (Å²) in [5.41, 5.74) is 0.0310. The average Bonchev–Trinajstić information content (AvgIpc) is 2.79. The van der Waals surface area contributed by atoms with E-state index in [2.05, 4.69) is 12.2 Å². The zero-order valence-electron chi connectivity index (χ0n) is 11.7. The van der Waals surface area contributed by atoms with Crippen LogP contribution in [0.3, 0.4) is 0 Å². The van der Waals surface area contributed by atoms with Crippen molar-refractivity contribution >= 4 is 0 Å². The second kappa shape index (κ2) is 9.69. The Labute approximate surface area is 110 Å². The summed E-state index contributed by atoms with van der Waals surface area (Å²) >= 11 is 0. The van der Waals surface area contributed by atoms with E-state index in [-0.39, 0.29) is 5.60 Å². The van der Waals surface area contributed by atoms with Gasteiger partial charge in [0.15, 0.2) is 0 Å². The first kappa shape index (κ1) is 15.9. The highest BCUT2D eigenvalue weighted by Gasteiger charge is 2.28. The summed E-state index contributed by atoms with van der Waals surface area (Å²) < 4.78 is 21.3. The molecule has 0 aromatic carbocycles. The molecule has 0 aromatic heterocycles. The van der Waals surface area contributed by atoms with E-state index in [1.165, 1.54) is 6.42 Å². The van der Waals surface area contributed by atoms with Gasteiger partial charge in [0.2, 0.25) is 0 Å². The monoisotopic (exact) mass is 261 g/mol. The Balaban J connectivity index is 1.78. The van der Waals surface area contributed by atoms with Crippen LogP contribution in [0, 0.1) is 0 Å². The molecule has 1 saturated heterocycles. The number of nitrogens with one attached hydrogen (secondary N) is 1. The van der Waals surface area contributed by atoms with E-state index in [0.29, 0.717) is 33.0 Å². The molecule has 1 atom stereocenters. The Morgan fingerprint density at radius 3 is 2.50 bits per heavy atom. The molecule has 1 rings (SSSR count). The molecule has 1 aliphatic rings. The van der Waals surface area contributed by atoms with Gasteiger partial charge < -0.3 is 24.3 Å². The lowest BCUT2D eigenvalue weighted by atomic mass is 10.0. The molecular weight excluding hydrogens is 234 g/mol. The van der Waals surface area contributed by atoms with Crippen molar-refractivity contribution in [3.63, 3.8) is 0 Å². The van der Waals surface area contributed by atoms with Crippen LogP contribution in [0.5, 0.6) is 0 Å². The quantitative estimate of drug-likeness (QED) is 0.558. The predicted octanol–water partition coefficient (Wildman–Crippen LogP) is 0.825. The smallest absolute Gasteiger partial charge is 0.0779 e. The lowest BCUT2D eigenvalue weighted by molar-refractivity contribution is 0.0137. The maximum atomic E-state index is 5.69. The highest BCUT2D eigenvalue weighted by atomic mass is 16.5. The molecule has 5 nitrogen and oxygen atoms in total. The van der Waals surface area contributed by atoms with Crippen LogP contribution in [0.4, 0.5) is 0 Å². The normalized spacial score (nSPS) is 23.7. The first-order valence-corrected chi connectivity index (χ1v) is 6.76. The highest BCUT2D eigenvalue weighted by Crippen LogP contribution is 2.23. The molecule has 0 spiro atoms. The second-order valence-electron chi connectivity index (χ2n) is 4.80. The molecule has 18 heavy (non-hydrogen) atoms. The van der Waals surface area contributed by atoms with E-state index < -0.39 is 0 Å². The van der Waals surface area contributed by atoms with Crippen molar-refractivity contribution < 1.29 is 18.9 Å². The number of rotatable bonds is 11. The van der Waals surface area contributed by atoms with E-state index in [4.69, 9.17) is 18.9 Å². The molecule has 0 saturated carbocycles. The zero-order chi connectivity index (χ0) is 13.1. The van der Waals surface area contributed by atoms with Crippen LogP contribution in [-0.4, -0.2) is 65.4 Å². The fourth-order valence-corrected chi connectivity index (χ4v) is 1.94. The molecule has 0 aliphatic carbocycles. The lowest BCUT2D eigenvalue weighted by Crippen LogP contribution is -2.38. The van der Waals surface area contributed by atoms with E-state index in [1.54, 1.807) is 7.11 Å². The van der Waals surface area contributed by atoms with Gasteiger partial charge >= 0.3 is 0 Å². The van der Waals surface area contributed by atoms with Crippen LogP contribution >= 0.6 is 0 Å². The Kier molecular flexibility index (Phi) is 8.54. The fourth-order valence-electron chi connectivity index (χ4n) is 1.94. The Morgan fingerprint density at radius 1 is 1.11 bits per heavy atom. The average molecular weight is 261 g/mol. The number of methoxy groups -OCH3 is 1. The van der Waals surface area contributed by atoms with Crippen LogP contribution in [0.15, 0.2) is 0 Å². The van der Waals surface area contributed by atoms with Gasteiger partial charge in [-0.05, 0) is 19.8 Å². The minimum Gasteiger partial charge on any atom is -0.382 e. The van der Waals surface area contributed by atoms with Crippen LogP contribution in [0.1, 0.15) is 19.8 Å². The van der Waals surface area contributed by atoms with Crippen molar-refractivity contribution in [1.29, 1.82) is 0 Å². The van der Waals surface area contributed by atoms with E-state index in [1.807, 2.05) is 0 Å². The molecule has 0 amide bonds. The summed E-state index contributed by atoms with van der Waals surface area (Å²) in [6.45, 7) is 8.07. The van der Waals surface area contributed by atoms with Crippen molar-refractivity contribution in [1.82, 2.24) is 5.32 Å². The van der Waals surface area contributed by atoms with Gasteiger partial charge in [-0.3, -0.25) is 0 Å². The lowest BCUT2D eigenvalue weighted by Gasteiger charge is -2.23. The minimum atomic E-state index is 0.0310. The van der Waals surface area contributed by atoms with Gasteiger partial charge in [-0.15, -0.1) is 0 Å². The van der Waals surface area contributed by atoms with Crippen molar-refractivity contribution in [3.05, 3.63) is 0 Å². The topological polar surface area (TPSA) is 49.0 Å². The predicted molar refractivity (Wildman–Crippen MR) is 70.0 cm³/mol. The molecule has 1 aliphatic heterocycles. The van der Waals surface area contributed by atoms with Crippen LogP contribution in [0.25, 0.3) is 0 Å². The summed E-state index contributed by atoms with van der Waals surface area (Å²) in [6.07, 6.45) is 2.32. The Bertz CT molecular complexity index is 195. The van der Waals surface area contributed by atoms with Crippen molar-refractivity contribution in [2.75, 3.05) is 59.8 Å². The summed E-state index contributed by atoms with van der Waals surface area (Å²) in [5.74, 6) is 0. The summed E-state index contributed by atoms with van der Waals surface area (Å²) in [7, 11) is 1.67. The molecule has 108 valence electrons. The third-order valence-electron chi connectivity index (χ3n) is 3.03. The maximum Gasteiger partial charge on any atom is 0.0779 e. The third-order valence-corrected chi connectivity index (χ3v) is 3.03. The molecule has 5 heteroatoms. The van der Waals surface area contributed by atoms with E-state index in [9.17, 15) is 0 Å². The number of hydrogen-bond acceptors (Lipinski definition) is 5. The molecule has 1 unspecified atom stereocenters. The Hall–Kier alpha value is -0.200. The van der Waals surface area contributed by atoms with Crippen LogP contribution < -0.4 is 5.32 Å². The van der Waals surface area contributed by atoms with Crippen molar-refractivity contribution in [2.45, 2.75) is 25.4 Å². The van der Waals surface area contributed by atoms with Gasteiger partial charge in [0.05, 0.1) is 38.6 Å². The van der Waals surface area contributed by atoms with Gasteiger partial charge in [0.25, 0.3) is 0 Å². The number of ether oxygens (including phenoxy) is 4. The Morgan fingerprint density at radius 2 is 1.83 bits per heavy atom. The number of hydrogen-bond donors (Lipinski definition) is 1. The molecule has 0 radical (unpaired) electrons. The molecule has 1 N–H and O–H groups in total. The van der Waals surface area contributed by atoms with Crippen LogP contribution in [-0.2, 0) is 18.9 Å². The highest BCUT2D eigenvalue weighted by molar-refractivity contribution is 4.82. The molecule has 1 heterocycles. The molecule has 1 fully saturated rings. The van der Waals surface area contributed by atoms with Gasteiger partial charge in [0, 0.05) is 26.8 Å². The van der Waals surface area contributed by atoms with Gasteiger partial charge in [0.1, 0.15) is 0 Å². The largest absolute Gasteiger partial charge is 0.382 e. The van der Waals surface area contributed by atoms with Crippen molar-refractivity contribution in [3.8, 4) is 0 Å². The standard InChI is InChI=1S/C13H27NO4/c1-13(4-3-6-18-13)12-14-5-7-16-10-11-17-9-8-15-2/h14H,3-12H2,1-2H3. The second-order valence-corrected chi connectivity index (χ2v) is 4.80. The van der Waals surface area contributed by atoms with Gasteiger partial charge in [-0.25, -0.2) is 0 Å². The first-order valence-electron chi connectivity index (χ1n) is 6.76. The van der Waals surface area contributed by atoms with Gasteiger partial charge in [-0.2, -0.15) is 0 Å². The van der Waals surface area contributed by atoms with E-state index in [0.717, 1.165) is 26.1 Å². The van der Waals surface area contributed by atoms with Crippen molar-refractivity contribution in [2.24, 2.45) is 0 Å². The maximum absolute atomic E-state index is 5.69. The molecule has 0 bridgehead atoms. The third kappa shape index (κ3) is 7.28. The van der Waals surface area contributed by atoms with Gasteiger partial charge in [-0.1, -0.05) is 0 Å². The van der Waals surface area contributed by atoms with Crippen LogP contribution in [0.2, 0.25) is 0 Å².